The van der Waals surface area contributed by atoms with Gasteiger partial charge in [-0.1, -0.05) is 30.3 Å². The van der Waals surface area contributed by atoms with E-state index in [1.807, 2.05) is 59.2 Å². The summed E-state index contributed by atoms with van der Waals surface area (Å²) in [7, 11) is 0. The number of benzene rings is 3. The highest BCUT2D eigenvalue weighted by Gasteiger charge is 2.08. The number of nitrogens with zero attached hydrogens (tertiary/aromatic N) is 2. The topological polar surface area (TPSA) is 73.6 Å². The van der Waals surface area contributed by atoms with Crippen LogP contribution in [0.2, 0.25) is 0 Å². The van der Waals surface area contributed by atoms with E-state index in [0.717, 1.165) is 22.5 Å². The third-order valence-electron chi connectivity index (χ3n) is 4.09. The van der Waals surface area contributed by atoms with Gasteiger partial charge >= 0.3 is 6.16 Å². The fraction of sp³-hybridized carbons (Fsp3) is 0.0476. The minimum absolute atomic E-state index is 0.241. The average Bonchev–Trinajstić information content (AvgIpc) is 3.10. The van der Waals surface area contributed by atoms with Crippen molar-refractivity contribution in [3.05, 3.63) is 84.7 Å². The number of rotatable bonds is 5. The molecule has 27 heavy (non-hydrogen) atoms. The first-order valence-corrected chi connectivity index (χ1v) is 8.34. The van der Waals surface area contributed by atoms with Crippen molar-refractivity contribution in [2.45, 2.75) is 6.61 Å². The van der Waals surface area contributed by atoms with Crippen LogP contribution >= 0.6 is 0 Å². The third-order valence-corrected chi connectivity index (χ3v) is 4.09. The summed E-state index contributed by atoms with van der Waals surface area (Å²) >= 11 is 0. The molecule has 6 heteroatoms. The molecule has 0 aliphatic carbocycles. The maximum Gasteiger partial charge on any atom is 0.511 e. The molecule has 4 aromatic rings. The number of hydrogen-bond acceptors (Lipinski definition) is 4. The van der Waals surface area contributed by atoms with Crippen LogP contribution in [-0.4, -0.2) is 20.8 Å². The van der Waals surface area contributed by atoms with Crippen LogP contribution in [0.25, 0.3) is 16.7 Å². The third kappa shape index (κ3) is 3.74. The van der Waals surface area contributed by atoms with Gasteiger partial charge in [0.1, 0.15) is 24.4 Å². The molecule has 1 N–H and O–H groups in total. The Bertz CT molecular complexity index is 1070. The molecular weight excluding hydrogens is 344 g/mol. The van der Waals surface area contributed by atoms with Gasteiger partial charge in [0.05, 0.1) is 11.0 Å². The molecule has 0 bridgehead atoms. The summed E-state index contributed by atoms with van der Waals surface area (Å²) < 4.78 is 12.4. The van der Waals surface area contributed by atoms with Gasteiger partial charge in [0.25, 0.3) is 0 Å². The van der Waals surface area contributed by atoms with Gasteiger partial charge in [-0.05, 0) is 42.0 Å². The Morgan fingerprint density at radius 1 is 0.963 bits per heavy atom. The maximum atomic E-state index is 10.6. The minimum atomic E-state index is -1.35. The zero-order valence-electron chi connectivity index (χ0n) is 14.3. The highest BCUT2D eigenvalue weighted by atomic mass is 16.7. The van der Waals surface area contributed by atoms with Crippen LogP contribution in [0.15, 0.2) is 79.1 Å². The predicted octanol–water partition coefficient (Wildman–Crippen LogP) is 4.66. The van der Waals surface area contributed by atoms with E-state index in [0.29, 0.717) is 12.1 Å². The van der Waals surface area contributed by atoms with Crippen molar-refractivity contribution in [2.75, 3.05) is 0 Å². The highest BCUT2D eigenvalue weighted by Crippen LogP contribution is 2.24. The normalized spacial score (nSPS) is 10.7. The summed E-state index contributed by atoms with van der Waals surface area (Å²) in [4.78, 5) is 15.0. The Kier molecular flexibility index (Phi) is 4.45. The van der Waals surface area contributed by atoms with Crippen molar-refractivity contribution in [3.8, 4) is 17.2 Å². The van der Waals surface area contributed by atoms with Gasteiger partial charge in [0.15, 0.2) is 0 Å². The van der Waals surface area contributed by atoms with Crippen LogP contribution < -0.4 is 9.47 Å². The van der Waals surface area contributed by atoms with Gasteiger partial charge in [0, 0.05) is 11.8 Å². The van der Waals surface area contributed by atoms with E-state index in [-0.39, 0.29) is 5.75 Å². The molecule has 0 radical (unpaired) electrons. The van der Waals surface area contributed by atoms with Crippen molar-refractivity contribution in [3.63, 3.8) is 0 Å². The van der Waals surface area contributed by atoms with Gasteiger partial charge in [-0.2, -0.15) is 0 Å². The largest absolute Gasteiger partial charge is 0.511 e. The Labute approximate surface area is 155 Å². The molecule has 4 rings (SSSR count). The van der Waals surface area contributed by atoms with Crippen molar-refractivity contribution in [1.82, 2.24) is 9.55 Å². The maximum absolute atomic E-state index is 10.6. The Balaban J connectivity index is 1.52. The molecule has 0 saturated carbocycles. The SMILES string of the molecule is O=C(O)Oc1ccc2c(c1)ncn2-c1ccc(OCc2ccccc2)cc1. The quantitative estimate of drug-likeness (QED) is 0.414. The van der Waals surface area contributed by atoms with E-state index in [1.165, 1.54) is 0 Å². The van der Waals surface area contributed by atoms with Crippen LogP contribution in [0.1, 0.15) is 5.56 Å². The first kappa shape index (κ1) is 16.7. The summed E-state index contributed by atoms with van der Waals surface area (Å²) in [5, 5.41) is 8.70. The molecule has 0 fully saturated rings. The fourth-order valence-corrected chi connectivity index (χ4v) is 2.81. The summed E-state index contributed by atoms with van der Waals surface area (Å²) in [5.41, 5.74) is 3.54. The summed E-state index contributed by atoms with van der Waals surface area (Å²) in [6.45, 7) is 0.514. The van der Waals surface area contributed by atoms with Gasteiger partial charge in [-0.3, -0.25) is 4.57 Å². The lowest BCUT2D eigenvalue weighted by Gasteiger charge is -2.09. The zero-order chi connectivity index (χ0) is 18.6. The second-order valence-corrected chi connectivity index (χ2v) is 5.90. The second-order valence-electron chi connectivity index (χ2n) is 5.90. The molecule has 3 aromatic carbocycles. The Hall–Kier alpha value is -3.80. The highest BCUT2D eigenvalue weighted by molar-refractivity contribution is 5.79. The van der Waals surface area contributed by atoms with Crippen LogP contribution in [0.3, 0.4) is 0 Å². The number of imidazole rings is 1. The van der Waals surface area contributed by atoms with E-state index < -0.39 is 6.16 Å². The molecule has 0 aliphatic rings. The monoisotopic (exact) mass is 360 g/mol. The molecule has 0 spiro atoms. The van der Waals surface area contributed by atoms with E-state index in [9.17, 15) is 4.79 Å². The van der Waals surface area contributed by atoms with Crippen LogP contribution in [0.4, 0.5) is 4.79 Å². The molecule has 134 valence electrons. The van der Waals surface area contributed by atoms with E-state index in [4.69, 9.17) is 9.84 Å². The lowest BCUT2D eigenvalue weighted by Crippen LogP contribution is -2.02. The van der Waals surface area contributed by atoms with E-state index >= 15 is 0 Å². The molecular formula is C21H16N2O4. The van der Waals surface area contributed by atoms with Crippen molar-refractivity contribution >= 4 is 17.2 Å². The van der Waals surface area contributed by atoms with Gasteiger partial charge in [0.2, 0.25) is 0 Å². The number of fused-ring (bicyclic) bond motifs is 1. The predicted molar refractivity (Wildman–Crippen MR) is 100 cm³/mol. The molecule has 6 nitrogen and oxygen atoms in total. The van der Waals surface area contributed by atoms with Crippen molar-refractivity contribution in [1.29, 1.82) is 0 Å². The molecule has 1 aromatic heterocycles. The van der Waals surface area contributed by atoms with Gasteiger partial charge < -0.3 is 14.6 Å². The Morgan fingerprint density at radius 2 is 1.70 bits per heavy atom. The van der Waals surface area contributed by atoms with Crippen LogP contribution in [0.5, 0.6) is 11.5 Å². The number of ether oxygens (including phenoxy) is 2. The standard InChI is InChI=1S/C21H16N2O4/c24-21(25)27-18-10-11-20-19(12-18)22-14-23(20)16-6-8-17(9-7-16)26-13-15-4-2-1-3-5-15/h1-12,14H,13H2,(H,24,25). The fourth-order valence-electron chi connectivity index (χ4n) is 2.81. The molecule has 1 heterocycles. The molecule has 0 amide bonds. The first-order valence-electron chi connectivity index (χ1n) is 8.34. The Morgan fingerprint density at radius 3 is 2.44 bits per heavy atom. The average molecular weight is 360 g/mol. The van der Waals surface area contributed by atoms with Gasteiger partial charge in [-0.25, -0.2) is 9.78 Å². The summed E-state index contributed by atoms with van der Waals surface area (Å²) in [6, 6.07) is 22.7. The lowest BCUT2D eigenvalue weighted by molar-refractivity contribution is 0.144. The number of aromatic nitrogens is 2. The number of hydrogen-bond donors (Lipinski definition) is 1. The summed E-state index contributed by atoms with van der Waals surface area (Å²) in [6.07, 6.45) is 0.342. The number of carboxylic acid groups (broad SMARTS) is 1. The molecule has 0 atom stereocenters. The van der Waals surface area contributed by atoms with E-state index in [2.05, 4.69) is 9.72 Å². The summed E-state index contributed by atoms with van der Waals surface area (Å²) in [5.74, 6) is 1.02. The second kappa shape index (κ2) is 7.21. The molecule has 0 aliphatic heterocycles. The molecule has 0 saturated heterocycles. The van der Waals surface area contributed by atoms with E-state index in [1.54, 1.807) is 24.5 Å². The van der Waals surface area contributed by atoms with Crippen LogP contribution in [0, 0.1) is 0 Å². The zero-order valence-corrected chi connectivity index (χ0v) is 14.3. The number of carbonyl (C=O) groups is 1. The smallest absolute Gasteiger partial charge is 0.489 e. The van der Waals surface area contributed by atoms with Gasteiger partial charge in [-0.15, -0.1) is 0 Å². The first-order chi connectivity index (χ1) is 13.2. The van der Waals surface area contributed by atoms with Crippen molar-refractivity contribution < 1.29 is 19.4 Å². The minimum Gasteiger partial charge on any atom is -0.489 e. The lowest BCUT2D eigenvalue weighted by atomic mass is 10.2. The molecule has 0 unspecified atom stereocenters. The van der Waals surface area contributed by atoms with Crippen LogP contribution in [-0.2, 0) is 6.61 Å². The van der Waals surface area contributed by atoms with Crippen molar-refractivity contribution in [2.24, 2.45) is 0 Å².